The first kappa shape index (κ1) is 17.2. The van der Waals surface area contributed by atoms with E-state index in [1.807, 2.05) is 24.3 Å². The number of ether oxygens (including phenoxy) is 1. The topological polar surface area (TPSA) is 97.6 Å². The molecular weight excluding hydrogens is 368 g/mol. The van der Waals surface area contributed by atoms with Gasteiger partial charge in [0.1, 0.15) is 10.8 Å². The van der Waals surface area contributed by atoms with Crippen molar-refractivity contribution in [1.82, 2.24) is 10.2 Å². The second-order valence-electron chi connectivity index (χ2n) is 5.98. The first-order valence-electron chi connectivity index (χ1n) is 8.26. The Morgan fingerprint density at radius 1 is 1.30 bits per heavy atom. The lowest BCUT2D eigenvalue weighted by molar-refractivity contribution is -0.117. The van der Waals surface area contributed by atoms with Crippen LogP contribution in [0.4, 0.5) is 10.8 Å². The summed E-state index contributed by atoms with van der Waals surface area (Å²) in [5.74, 6) is 0.523. The van der Waals surface area contributed by atoms with E-state index in [0.29, 0.717) is 23.1 Å². The van der Waals surface area contributed by atoms with Gasteiger partial charge >= 0.3 is 0 Å². The first-order chi connectivity index (χ1) is 13.1. The summed E-state index contributed by atoms with van der Waals surface area (Å²) in [6, 6.07) is 10.6. The largest absolute Gasteiger partial charge is 0.497 e. The average Bonchev–Trinajstić information content (AvgIpc) is 3.42. The number of rotatable bonds is 5. The van der Waals surface area contributed by atoms with E-state index in [4.69, 9.17) is 9.15 Å². The summed E-state index contributed by atoms with van der Waals surface area (Å²) in [6.07, 6.45) is 1.78. The van der Waals surface area contributed by atoms with Crippen LogP contribution >= 0.6 is 11.3 Å². The molecule has 0 spiro atoms. The molecule has 1 aromatic carbocycles. The molecule has 3 aromatic rings. The van der Waals surface area contributed by atoms with Gasteiger partial charge in [-0.3, -0.25) is 14.9 Å². The van der Waals surface area contributed by atoms with Gasteiger partial charge in [0.25, 0.3) is 5.91 Å². The zero-order valence-corrected chi connectivity index (χ0v) is 15.2. The zero-order chi connectivity index (χ0) is 18.8. The van der Waals surface area contributed by atoms with Gasteiger partial charge < -0.3 is 14.1 Å². The number of carbonyl (C=O) groups excluding carboxylic acids is 2. The van der Waals surface area contributed by atoms with E-state index in [1.165, 1.54) is 17.6 Å². The van der Waals surface area contributed by atoms with Crippen molar-refractivity contribution in [1.29, 1.82) is 0 Å². The lowest BCUT2D eigenvalue weighted by atomic mass is 10.1. The maximum Gasteiger partial charge on any atom is 0.293 e. The summed E-state index contributed by atoms with van der Waals surface area (Å²) in [6.45, 7) is 0.520. The molecule has 0 radical (unpaired) electrons. The van der Waals surface area contributed by atoms with Crippen molar-refractivity contribution >= 4 is 34.0 Å². The Kier molecular flexibility index (Phi) is 4.59. The number of anilines is 2. The van der Waals surface area contributed by atoms with Gasteiger partial charge in [0.2, 0.25) is 11.0 Å². The van der Waals surface area contributed by atoms with Crippen LogP contribution in [0.1, 0.15) is 27.9 Å². The molecule has 0 bridgehead atoms. The number of nitrogens with zero attached hydrogens (tertiary/aromatic N) is 3. The highest BCUT2D eigenvalue weighted by molar-refractivity contribution is 7.15. The third-order valence-corrected chi connectivity index (χ3v) is 5.27. The number of aromatic nitrogens is 2. The lowest BCUT2D eigenvalue weighted by Crippen LogP contribution is -2.24. The molecule has 0 saturated carbocycles. The summed E-state index contributed by atoms with van der Waals surface area (Å²) >= 11 is 1.27. The Balaban J connectivity index is 1.44. The average molecular weight is 384 g/mol. The van der Waals surface area contributed by atoms with Crippen LogP contribution in [0.2, 0.25) is 0 Å². The quantitative estimate of drug-likeness (QED) is 0.726. The van der Waals surface area contributed by atoms with Crippen LogP contribution in [0, 0.1) is 0 Å². The van der Waals surface area contributed by atoms with Crippen molar-refractivity contribution in [2.45, 2.75) is 12.3 Å². The summed E-state index contributed by atoms with van der Waals surface area (Å²) in [4.78, 5) is 26.2. The Hall–Kier alpha value is -3.20. The summed E-state index contributed by atoms with van der Waals surface area (Å²) in [5, 5.41) is 11.9. The molecule has 8 nitrogen and oxygen atoms in total. The molecule has 1 aliphatic heterocycles. The van der Waals surface area contributed by atoms with Gasteiger partial charge in [-0.05, 0) is 36.4 Å². The Labute approximate surface area is 158 Å². The number of benzene rings is 1. The molecule has 0 unspecified atom stereocenters. The van der Waals surface area contributed by atoms with E-state index in [-0.39, 0.29) is 23.5 Å². The van der Waals surface area contributed by atoms with Gasteiger partial charge in [0.15, 0.2) is 5.76 Å². The van der Waals surface area contributed by atoms with Crippen LogP contribution in [0.3, 0.4) is 0 Å². The van der Waals surface area contributed by atoms with Gasteiger partial charge in [0.05, 0.1) is 13.4 Å². The van der Waals surface area contributed by atoms with Crippen molar-refractivity contribution in [3.8, 4) is 5.75 Å². The van der Waals surface area contributed by atoms with E-state index < -0.39 is 0 Å². The number of nitrogens with one attached hydrogen (secondary N) is 1. The highest BCUT2D eigenvalue weighted by Gasteiger charge is 2.34. The molecule has 2 amide bonds. The minimum absolute atomic E-state index is 0.0292. The molecule has 2 aromatic heterocycles. The predicted octanol–water partition coefficient (Wildman–Crippen LogP) is 2.91. The number of carbonyl (C=O) groups is 2. The molecule has 3 heterocycles. The van der Waals surface area contributed by atoms with Crippen molar-refractivity contribution in [2.75, 3.05) is 23.9 Å². The maximum absolute atomic E-state index is 12.4. The van der Waals surface area contributed by atoms with Gasteiger partial charge in [-0.15, -0.1) is 10.2 Å². The van der Waals surface area contributed by atoms with Crippen LogP contribution in [0.15, 0.2) is 47.1 Å². The number of hydrogen-bond donors (Lipinski definition) is 1. The number of hydrogen-bond acceptors (Lipinski definition) is 7. The minimum atomic E-state index is -0.384. The Morgan fingerprint density at radius 3 is 2.81 bits per heavy atom. The highest BCUT2D eigenvalue weighted by atomic mass is 32.1. The first-order valence-corrected chi connectivity index (χ1v) is 9.08. The van der Waals surface area contributed by atoms with Gasteiger partial charge in [-0.25, -0.2) is 0 Å². The fraction of sp³-hybridized carbons (Fsp3) is 0.222. The van der Waals surface area contributed by atoms with E-state index in [9.17, 15) is 9.59 Å². The fourth-order valence-corrected chi connectivity index (χ4v) is 3.73. The summed E-state index contributed by atoms with van der Waals surface area (Å²) < 4.78 is 10.2. The third-order valence-electron chi connectivity index (χ3n) is 4.26. The second-order valence-corrected chi connectivity index (χ2v) is 6.99. The molecule has 138 valence electrons. The third kappa shape index (κ3) is 3.54. The van der Waals surface area contributed by atoms with Crippen LogP contribution < -0.4 is 15.0 Å². The summed E-state index contributed by atoms with van der Waals surface area (Å²) in [7, 11) is 1.60. The molecule has 9 heteroatoms. The normalized spacial score (nSPS) is 16.6. The molecule has 27 heavy (non-hydrogen) atoms. The van der Waals surface area contributed by atoms with Crippen LogP contribution in [-0.4, -0.2) is 35.7 Å². The van der Waals surface area contributed by atoms with Gasteiger partial charge in [0, 0.05) is 24.6 Å². The Morgan fingerprint density at radius 2 is 2.11 bits per heavy atom. The number of amides is 2. The molecule has 1 N–H and O–H groups in total. The lowest BCUT2D eigenvalue weighted by Gasteiger charge is -2.16. The number of methoxy groups -OCH3 is 1. The molecule has 1 aliphatic rings. The fourth-order valence-electron chi connectivity index (χ4n) is 2.90. The van der Waals surface area contributed by atoms with E-state index >= 15 is 0 Å². The van der Waals surface area contributed by atoms with E-state index in [2.05, 4.69) is 15.5 Å². The van der Waals surface area contributed by atoms with E-state index in [1.54, 1.807) is 24.1 Å². The summed E-state index contributed by atoms with van der Waals surface area (Å²) in [5.41, 5.74) is 0.819. The minimum Gasteiger partial charge on any atom is -0.497 e. The van der Waals surface area contributed by atoms with E-state index in [0.717, 1.165) is 11.4 Å². The molecule has 4 rings (SSSR count). The molecule has 1 saturated heterocycles. The molecule has 1 atom stereocenters. The molecule has 1 fully saturated rings. The molecular formula is C18H16N4O4S. The zero-order valence-electron chi connectivity index (χ0n) is 14.4. The predicted molar refractivity (Wildman–Crippen MR) is 99.3 cm³/mol. The SMILES string of the molecule is COc1ccc(N2C[C@H](c3nnc(NC(=O)c4ccco4)s3)CC2=O)cc1. The highest BCUT2D eigenvalue weighted by Crippen LogP contribution is 2.34. The van der Waals surface area contributed by atoms with Crippen LogP contribution in [0.25, 0.3) is 0 Å². The van der Waals surface area contributed by atoms with Gasteiger partial charge in [-0.2, -0.15) is 0 Å². The van der Waals surface area contributed by atoms with Crippen molar-refractivity contribution < 1.29 is 18.7 Å². The smallest absolute Gasteiger partial charge is 0.293 e. The monoisotopic (exact) mass is 384 g/mol. The van der Waals surface area contributed by atoms with Crippen LogP contribution in [0.5, 0.6) is 5.75 Å². The van der Waals surface area contributed by atoms with Crippen molar-refractivity contribution in [2.24, 2.45) is 0 Å². The number of furan rings is 1. The van der Waals surface area contributed by atoms with Gasteiger partial charge in [-0.1, -0.05) is 11.3 Å². The standard InChI is InChI=1S/C18H16N4O4S/c1-25-13-6-4-12(5-7-13)22-10-11(9-15(22)23)17-20-21-18(27-17)19-16(24)14-3-2-8-26-14/h2-8,11H,9-10H2,1H3,(H,19,21,24)/t11-/m1/s1. The second kappa shape index (κ2) is 7.20. The molecule has 0 aliphatic carbocycles. The van der Waals surface area contributed by atoms with Crippen LogP contribution in [-0.2, 0) is 4.79 Å². The maximum atomic E-state index is 12.4. The van der Waals surface area contributed by atoms with Crippen molar-refractivity contribution in [3.05, 3.63) is 53.4 Å². The van der Waals surface area contributed by atoms with Crippen molar-refractivity contribution in [3.63, 3.8) is 0 Å². The Bertz CT molecular complexity index is 952.